The molecule has 3 fully saturated rings. The number of aromatic nitrogens is 5. The van der Waals surface area contributed by atoms with Crippen molar-refractivity contribution in [2.24, 2.45) is 19.5 Å². The highest BCUT2D eigenvalue weighted by Gasteiger charge is 2.41. The molecule has 6 heterocycles. The first-order valence-corrected chi connectivity index (χ1v) is 19.0. The number of anilines is 4. The number of nitrogens with one attached hydrogen (secondary N) is 3. The topological polar surface area (TPSA) is 169 Å². The number of halogens is 1. The van der Waals surface area contributed by atoms with Crippen molar-refractivity contribution >= 4 is 74.3 Å². The van der Waals surface area contributed by atoms with Crippen LogP contribution < -0.4 is 36.0 Å². The van der Waals surface area contributed by atoms with Crippen molar-refractivity contribution in [3.63, 3.8) is 0 Å². The summed E-state index contributed by atoms with van der Waals surface area (Å²) in [5.41, 5.74) is 3.88. The predicted octanol–water partition coefficient (Wildman–Crippen LogP) is 4.14. The van der Waals surface area contributed by atoms with E-state index in [4.69, 9.17) is 26.4 Å². The minimum absolute atomic E-state index is 0.00612. The number of amides is 3. The standard InChI is InChI=1S/C39H43ClN10O5/c1-41-32(52)20-55-30-18-23-17-24(9-11-28(23)47(2)37(30)54)43-35-27(40)19-42-38(45-35)50-16-6-14-39(22-50)13-5-15-49(21-39)29-8-4-7-25-33(46-48(3)34(25)29)26-10-12-31(51)44-36(26)53/h4,7-9,11,17-19,26H,5-6,10,12-16,20-22H2,1-3H3,(H,41,52)(H,42,43,45)(H,44,51,53). The molecule has 286 valence electrons. The predicted molar refractivity (Wildman–Crippen MR) is 210 cm³/mol. The van der Waals surface area contributed by atoms with Crippen LogP contribution in [0.1, 0.15) is 50.1 Å². The number of hydrogen-bond acceptors (Lipinski definition) is 11. The molecule has 3 amide bonds. The second-order valence-electron chi connectivity index (χ2n) is 14.8. The van der Waals surface area contributed by atoms with Gasteiger partial charge in [0, 0.05) is 75.6 Å². The zero-order valence-electron chi connectivity index (χ0n) is 31.0. The van der Waals surface area contributed by atoms with Gasteiger partial charge in [-0.15, -0.1) is 0 Å². The number of imide groups is 1. The van der Waals surface area contributed by atoms with Gasteiger partial charge < -0.3 is 29.7 Å². The summed E-state index contributed by atoms with van der Waals surface area (Å²) < 4.78 is 8.90. The van der Waals surface area contributed by atoms with Crippen LogP contribution in [-0.4, -0.2) is 81.9 Å². The van der Waals surface area contributed by atoms with Crippen LogP contribution in [0.5, 0.6) is 5.75 Å². The zero-order valence-corrected chi connectivity index (χ0v) is 31.8. The monoisotopic (exact) mass is 766 g/mol. The van der Waals surface area contributed by atoms with Crippen molar-refractivity contribution in [2.75, 3.05) is 55.0 Å². The quantitative estimate of drug-likeness (QED) is 0.194. The van der Waals surface area contributed by atoms with Gasteiger partial charge in [0.2, 0.25) is 17.8 Å². The Labute approximate surface area is 322 Å². The molecule has 3 aromatic heterocycles. The number of piperidine rings is 3. The van der Waals surface area contributed by atoms with Gasteiger partial charge in [-0.1, -0.05) is 23.7 Å². The number of likely N-dealkylation sites (N-methyl/N-ethyl adjacent to an activating group) is 1. The molecule has 3 aliphatic rings. The largest absolute Gasteiger partial charge is 0.478 e. The van der Waals surface area contributed by atoms with E-state index < -0.39 is 5.92 Å². The van der Waals surface area contributed by atoms with Crippen LogP contribution in [0.25, 0.3) is 21.8 Å². The summed E-state index contributed by atoms with van der Waals surface area (Å²) in [6.07, 6.45) is 6.56. The lowest BCUT2D eigenvalue weighted by atomic mass is 9.73. The molecule has 2 unspecified atom stereocenters. The van der Waals surface area contributed by atoms with E-state index in [0.717, 1.165) is 79.5 Å². The molecular formula is C39H43ClN10O5. The second-order valence-corrected chi connectivity index (χ2v) is 15.2. The van der Waals surface area contributed by atoms with E-state index in [1.807, 2.05) is 42.1 Å². The number of para-hydroxylation sites is 1. The summed E-state index contributed by atoms with van der Waals surface area (Å²) in [4.78, 5) is 63.6. The lowest BCUT2D eigenvalue weighted by molar-refractivity contribution is -0.134. The number of ether oxygens (including phenoxy) is 1. The molecule has 3 saturated heterocycles. The molecule has 1 spiro atoms. The highest BCUT2D eigenvalue weighted by atomic mass is 35.5. The van der Waals surface area contributed by atoms with E-state index in [1.165, 1.54) is 11.6 Å². The van der Waals surface area contributed by atoms with Gasteiger partial charge in [-0.3, -0.25) is 29.2 Å². The maximum atomic E-state index is 12.9. The number of fused-ring (bicyclic) bond motifs is 2. The number of aryl methyl sites for hydroxylation is 2. The molecule has 0 radical (unpaired) electrons. The van der Waals surface area contributed by atoms with E-state index in [9.17, 15) is 19.2 Å². The van der Waals surface area contributed by atoms with Crippen LogP contribution in [0.15, 0.2) is 53.5 Å². The van der Waals surface area contributed by atoms with Gasteiger partial charge in [-0.2, -0.15) is 10.1 Å². The molecule has 3 aliphatic heterocycles. The van der Waals surface area contributed by atoms with Gasteiger partial charge >= 0.3 is 0 Å². The number of nitrogens with zero attached hydrogens (tertiary/aromatic N) is 7. The first-order valence-electron chi connectivity index (χ1n) is 18.6. The van der Waals surface area contributed by atoms with Crippen LogP contribution in [0.4, 0.5) is 23.1 Å². The van der Waals surface area contributed by atoms with E-state index >= 15 is 0 Å². The first-order chi connectivity index (χ1) is 26.5. The molecular weight excluding hydrogens is 724 g/mol. The molecule has 2 aromatic carbocycles. The fraction of sp³-hybridized carbons (Fsp3) is 0.410. The third kappa shape index (κ3) is 6.92. The number of hydrogen-bond donors (Lipinski definition) is 3. The number of benzene rings is 2. The average Bonchev–Trinajstić information content (AvgIpc) is 3.52. The van der Waals surface area contributed by atoms with E-state index in [-0.39, 0.29) is 41.1 Å². The molecule has 0 bridgehead atoms. The molecule has 3 N–H and O–H groups in total. The molecule has 5 aromatic rings. The van der Waals surface area contributed by atoms with Gasteiger partial charge in [0.05, 0.1) is 34.5 Å². The van der Waals surface area contributed by atoms with Crippen LogP contribution in [-0.2, 0) is 28.5 Å². The van der Waals surface area contributed by atoms with Crippen molar-refractivity contribution in [2.45, 2.75) is 44.4 Å². The molecule has 0 aliphatic carbocycles. The van der Waals surface area contributed by atoms with Crippen LogP contribution in [0.2, 0.25) is 5.02 Å². The van der Waals surface area contributed by atoms with Crippen LogP contribution in [0.3, 0.4) is 0 Å². The van der Waals surface area contributed by atoms with Crippen molar-refractivity contribution in [1.82, 2.24) is 34.9 Å². The molecule has 16 heteroatoms. The lowest BCUT2D eigenvalue weighted by Crippen LogP contribution is -2.53. The van der Waals surface area contributed by atoms with Crippen molar-refractivity contribution in [3.05, 3.63) is 69.7 Å². The first kappa shape index (κ1) is 36.3. The average molecular weight is 767 g/mol. The summed E-state index contributed by atoms with van der Waals surface area (Å²) >= 11 is 6.65. The van der Waals surface area contributed by atoms with Crippen LogP contribution >= 0.6 is 11.6 Å². The number of rotatable bonds is 8. The van der Waals surface area contributed by atoms with E-state index in [0.29, 0.717) is 40.8 Å². The number of pyridine rings is 1. The Morgan fingerprint density at radius 1 is 1.05 bits per heavy atom. The van der Waals surface area contributed by atoms with Gasteiger partial charge in [0.1, 0.15) is 5.02 Å². The van der Waals surface area contributed by atoms with E-state index in [1.54, 1.807) is 19.3 Å². The number of carbonyl (C=O) groups excluding carboxylic acids is 3. The third-order valence-corrected chi connectivity index (χ3v) is 11.5. The Morgan fingerprint density at radius 2 is 1.84 bits per heavy atom. The summed E-state index contributed by atoms with van der Waals surface area (Å²) in [5.74, 6) is -0.177. The Bertz CT molecular complexity index is 2410. The highest BCUT2D eigenvalue weighted by Crippen LogP contribution is 2.43. The van der Waals surface area contributed by atoms with Gasteiger partial charge in [-0.05, 0) is 62.4 Å². The minimum Gasteiger partial charge on any atom is -0.478 e. The maximum Gasteiger partial charge on any atom is 0.293 e. The van der Waals surface area contributed by atoms with Gasteiger partial charge in [0.15, 0.2) is 18.2 Å². The molecule has 15 nitrogen and oxygen atoms in total. The van der Waals surface area contributed by atoms with Gasteiger partial charge in [-0.25, -0.2) is 4.98 Å². The Hall–Kier alpha value is -5.70. The molecule has 0 saturated carbocycles. The van der Waals surface area contributed by atoms with Crippen molar-refractivity contribution < 1.29 is 19.1 Å². The summed E-state index contributed by atoms with van der Waals surface area (Å²) in [6, 6.07) is 13.4. The summed E-state index contributed by atoms with van der Waals surface area (Å²) in [7, 11) is 5.09. The SMILES string of the molecule is CNC(=O)COc1cc2cc(Nc3nc(N4CCCC5(CCCN(c6cccc7c(C8CCC(=O)NC8=O)nn(C)c67)C5)C4)ncc3Cl)ccc2n(C)c1=O. The van der Waals surface area contributed by atoms with Crippen molar-refractivity contribution in [3.8, 4) is 5.75 Å². The highest BCUT2D eigenvalue weighted by molar-refractivity contribution is 6.33. The normalized spacial score (nSPS) is 20.3. The second kappa shape index (κ2) is 14.5. The summed E-state index contributed by atoms with van der Waals surface area (Å²) in [6.45, 7) is 3.11. The van der Waals surface area contributed by atoms with E-state index in [2.05, 4.69) is 36.8 Å². The third-order valence-electron chi connectivity index (χ3n) is 11.2. The molecule has 8 rings (SSSR count). The lowest BCUT2D eigenvalue weighted by Gasteiger charge is -2.49. The van der Waals surface area contributed by atoms with Crippen molar-refractivity contribution in [1.29, 1.82) is 0 Å². The fourth-order valence-electron chi connectivity index (χ4n) is 8.52. The Balaban J connectivity index is 1.02. The smallest absolute Gasteiger partial charge is 0.293 e. The fourth-order valence-corrected chi connectivity index (χ4v) is 8.66. The maximum absolute atomic E-state index is 12.9. The number of carbonyl (C=O) groups is 3. The zero-order chi connectivity index (χ0) is 38.4. The Morgan fingerprint density at radius 3 is 2.62 bits per heavy atom. The minimum atomic E-state index is -0.458. The Kier molecular flexibility index (Phi) is 9.57. The molecule has 2 atom stereocenters. The molecule has 55 heavy (non-hydrogen) atoms. The van der Waals surface area contributed by atoms with Gasteiger partial charge in [0.25, 0.3) is 11.5 Å². The summed E-state index contributed by atoms with van der Waals surface area (Å²) in [5, 5.41) is 15.2. The van der Waals surface area contributed by atoms with Crippen LogP contribution in [0, 0.1) is 5.41 Å².